The molecule has 0 fully saturated rings. The van der Waals surface area contributed by atoms with Crippen LogP contribution in [0.25, 0.3) is 5.57 Å². The van der Waals surface area contributed by atoms with Crippen LogP contribution in [0, 0.1) is 13.8 Å². The minimum absolute atomic E-state index is 0.917. The van der Waals surface area contributed by atoms with Gasteiger partial charge in [0.2, 0.25) is 0 Å². The van der Waals surface area contributed by atoms with Crippen molar-refractivity contribution in [3.8, 4) is 5.75 Å². The monoisotopic (exact) mass is 176 g/mol. The highest BCUT2D eigenvalue weighted by atomic mass is 16.5. The van der Waals surface area contributed by atoms with Gasteiger partial charge in [0, 0.05) is 0 Å². The average molecular weight is 176 g/mol. The Labute approximate surface area is 80.0 Å². The van der Waals surface area contributed by atoms with Crippen LogP contribution in [-0.4, -0.2) is 7.11 Å². The fourth-order valence-corrected chi connectivity index (χ4v) is 1.71. The molecule has 1 rings (SSSR count). The van der Waals surface area contributed by atoms with Gasteiger partial charge in [0.05, 0.1) is 7.11 Å². The van der Waals surface area contributed by atoms with E-state index in [0.717, 1.165) is 11.3 Å². The zero-order chi connectivity index (χ0) is 10.0. The molecule has 0 heterocycles. The van der Waals surface area contributed by atoms with E-state index in [9.17, 15) is 0 Å². The van der Waals surface area contributed by atoms with Crippen LogP contribution in [0.1, 0.15) is 23.6 Å². The molecule has 70 valence electrons. The molecule has 0 unspecified atom stereocenters. The number of ether oxygens (including phenoxy) is 1. The van der Waals surface area contributed by atoms with Crippen LogP contribution < -0.4 is 4.74 Å². The first kappa shape index (κ1) is 9.85. The molecule has 13 heavy (non-hydrogen) atoms. The molecule has 0 aliphatic carbocycles. The lowest BCUT2D eigenvalue weighted by Gasteiger charge is -2.11. The Morgan fingerprint density at radius 1 is 1.23 bits per heavy atom. The molecule has 1 aromatic carbocycles. The van der Waals surface area contributed by atoms with Crippen molar-refractivity contribution < 1.29 is 4.74 Å². The second-order valence-electron chi connectivity index (χ2n) is 3.42. The molecule has 0 aliphatic heterocycles. The molecule has 0 amide bonds. The van der Waals surface area contributed by atoms with Gasteiger partial charge in [-0.15, -0.1) is 0 Å². The molecule has 0 aromatic heterocycles. The van der Waals surface area contributed by atoms with Crippen molar-refractivity contribution in [3.05, 3.63) is 35.4 Å². The zero-order valence-corrected chi connectivity index (χ0v) is 8.77. The second-order valence-corrected chi connectivity index (χ2v) is 3.42. The van der Waals surface area contributed by atoms with Crippen LogP contribution >= 0.6 is 0 Å². The first-order chi connectivity index (χ1) is 6.06. The number of allylic oxidation sites excluding steroid dienone is 1. The molecule has 0 spiro atoms. The molecule has 0 saturated heterocycles. The first-order valence-corrected chi connectivity index (χ1v) is 4.37. The minimum Gasteiger partial charge on any atom is -0.497 e. The second kappa shape index (κ2) is 3.65. The van der Waals surface area contributed by atoms with E-state index in [1.165, 1.54) is 16.7 Å². The van der Waals surface area contributed by atoms with Crippen molar-refractivity contribution in [1.29, 1.82) is 0 Å². The molecule has 1 nitrogen and oxygen atoms in total. The Bertz CT molecular complexity index is 314. The highest BCUT2D eigenvalue weighted by Gasteiger charge is 2.05. The number of aryl methyl sites for hydroxylation is 2. The number of rotatable bonds is 2. The zero-order valence-electron chi connectivity index (χ0n) is 8.77. The van der Waals surface area contributed by atoms with E-state index in [2.05, 4.69) is 20.4 Å². The summed E-state index contributed by atoms with van der Waals surface area (Å²) < 4.78 is 5.18. The van der Waals surface area contributed by atoms with E-state index in [4.69, 9.17) is 4.74 Å². The van der Waals surface area contributed by atoms with Crippen molar-refractivity contribution in [1.82, 2.24) is 0 Å². The predicted molar refractivity (Wildman–Crippen MR) is 57.2 cm³/mol. The molecular weight excluding hydrogens is 160 g/mol. The van der Waals surface area contributed by atoms with Gasteiger partial charge in [0.25, 0.3) is 0 Å². The smallest absolute Gasteiger partial charge is 0.119 e. The third-order valence-electron chi connectivity index (χ3n) is 2.17. The van der Waals surface area contributed by atoms with Crippen molar-refractivity contribution in [2.24, 2.45) is 0 Å². The van der Waals surface area contributed by atoms with Crippen LogP contribution in [0.15, 0.2) is 18.7 Å². The van der Waals surface area contributed by atoms with Crippen molar-refractivity contribution in [2.75, 3.05) is 7.11 Å². The summed E-state index contributed by atoms with van der Waals surface area (Å²) in [5, 5.41) is 0. The van der Waals surface area contributed by atoms with Gasteiger partial charge in [-0.1, -0.05) is 12.2 Å². The molecule has 0 aliphatic rings. The molecule has 1 aromatic rings. The van der Waals surface area contributed by atoms with Crippen LogP contribution in [0.2, 0.25) is 0 Å². The fourth-order valence-electron chi connectivity index (χ4n) is 1.71. The van der Waals surface area contributed by atoms with Gasteiger partial charge in [0.15, 0.2) is 0 Å². The number of methoxy groups -OCH3 is 1. The summed E-state index contributed by atoms with van der Waals surface area (Å²) in [6, 6.07) is 4.08. The van der Waals surface area contributed by atoms with E-state index < -0.39 is 0 Å². The summed E-state index contributed by atoms with van der Waals surface area (Å²) >= 11 is 0. The highest BCUT2D eigenvalue weighted by Crippen LogP contribution is 2.26. The van der Waals surface area contributed by atoms with Gasteiger partial charge in [-0.25, -0.2) is 0 Å². The number of hydrogen-bond donors (Lipinski definition) is 0. The van der Waals surface area contributed by atoms with Gasteiger partial charge < -0.3 is 4.74 Å². The van der Waals surface area contributed by atoms with Crippen LogP contribution in [0.5, 0.6) is 5.75 Å². The Morgan fingerprint density at radius 3 is 2.00 bits per heavy atom. The average Bonchev–Trinajstić information content (AvgIpc) is 2.02. The third kappa shape index (κ3) is 1.92. The van der Waals surface area contributed by atoms with E-state index >= 15 is 0 Å². The maximum atomic E-state index is 5.18. The van der Waals surface area contributed by atoms with Gasteiger partial charge in [-0.3, -0.25) is 0 Å². The lowest BCUT2D eigenvalue weighted by molar-refractivity contribution is 0.414. The van der Waals surface area contributed by atoms with Crippen LogP contribution in [-0.2, 0) is 0 Å². The van der Waals surface area contributed by atoms with E-state index in [0.29, 0.717) is 0 Å². The fraction of sp³-hybridized carbons (Fsp3) is 0.333. The SMILES string of the molecule is C=C(C)c1c(C)cc(OC)cc1C. The number of hydrogen-bond acceptors (Lipinski definition) is 1. The van der Waals surface area contributed by atoms with Gasteiger partial charge in [-0.05, 0) is 49.6 Å². The van der Waals surface area contributed by atoms with Gasteiger partial charge >= 0.3 is 0 Å². The Kier molecular flexibility index (Phi) is 2.76. The van der Waals surface area contributed by atoms with Crippen molar-refractivity contribution >= 4 is 5.57 Å². The minimum atomic E-state index is 0.917. The molecule has 0 atom stereocenters. The predicted octanol–water partition coefficient (Wildman–Crippen LogP) is 3.35. The molecule has 1 heteroatoms. The highest BCUT2D eigenvalue weighted by molar-refractivity contribution is 5.68. The van der Waals surface area contributed by atoms with Crippen LogP contribution in [0.3, 0.4) is 0 Å². The summed E-state index contributed by atoms with van der Waals surface area (Å²) in [6.45, 7) is 10.2. The third-order valence-corrected chi connectivity index (χ3v) is 2.17. The summed E-state index contributed by atoms with van der Waals surface area (Å²) in [4.78, 5) is 0. The van der Waals surface area contributed by atoms with Crippen molar-refractivity contribution in [2.45, 2.75) is 20.8 Å². The van der Waals surface area contributed by atoms with E-state index in [-0.39, 0.29) is 0 Å². The summed E-state index contributed by atoms with van der Waals surface area (Å²) in [5.41, 5.74) is 4.81. The quantitative estimate of drug-likeness (QED) is 0.671. The molecule has 0 bridgehead atoms. The Balaban J connectivity index is 3.31. The molecule has 0 radical (unpaired) electrons. The Hall–Kier alpha value is -1.24. The maximum absolute atomic E-state index is 5.18. The normalized spacial score (nSPS) is 9.85. The maximum Gasteiger partial charge on any atom is 0.119 e. The lowest BCUT2D eigenvalue weighted by atomic mass is 9.97. The summed E-state index contributed by atoms with van der Waals surface area (Å²) in [5.74, 6) is 0.917. The topological polar surface area (TPSA) is 9.23 Å². The number of benzene rings is 1. The Morgan fingerprint density at radius 2 is 1.69 bits per heavy atom. The molecule has 0 N–H and O–H groups in total. The first-order valence-electron chi connectivity index (χ1n) is 4.37. The standard InChI is InChI=1S/C12H16O/c1-8(2)12-9(3)6-11(13-5)7-10(12)4/h6-7H,1H2,2-5H3. The molecular formula is C12H16O. The summed E-state index contributed by atoms with van der Waals surface area (Å²) in [7, 11) is 1.69. The van der Waals surface area contributed by atoms with Gasteiger partial charge in [0.1, 0.15) is 5.75 Å². The lowest BCUT2D eigenvalue weighted by Crippen LogP contribution is -1.92. The van der Waals surface area contributed by atoms with E-state index in [1.54, 1.807) is 7.11 Å². The largest absolute Gasteiger partial charge is 0.497 e. The van der Waals surface area contributed by atoms with Crippen LogP contribution in [0.4, 0.5) is 0 Å². The van der Waals surface area contributed by atoms with Gasteiger partial charge in [-0.2, -0.15) is 0 Å². The van der Waals surface area contributed by atoms with E-state index in [1.807, 2.05) is 19.1 Å². The van der Waals surface area contributed by atoms with Crippen molar-refractivity contribution in [3.63, 3.8) is 0 Å². The molecule has 0 saturated carbocycles. The summed E-state index contributed by atoms with van der Waals surface area (Å²) in [6.07, 6.45) is 0.